The van der Waals surface area contributed by atoms with Crippen LogP contribution in [0.5, 0.6) is 11.5 Å². The van der Waals surface area contributed by atoms with E-state index in [9.17, 15) is 9.59 Å². The summed E-state index contributed by atoms with van der Waals surface area (Å²) in [5, 5.41) is 0.448. The highest BCUT2D eigenvalue weighted by atomic mass is 16.5. The monoisotopic (exact) mass is 423 g/mol. The first kappa shape index (κ1) is 20.9. The number of nitrogens with zero attached hydrogens (tertiary/aromatic N) is 1. The van der Waals surface area contributed by atoms with E-state index in [0.29, 0.717) is 54.4 Å². The summed E-state index contributed by atoms with van der Waals surface area (Å²) in [6.45, 7) is 5.40. The maximum atomic E-state index is 13.4. The van der Waals surface area contributed by atoms with Gasteiger partial charge in [0.2, 0.25) is 5.76 Å². The van der Waals surface area contributed by atoms with Crippen molar-refractivity contribution in [1.82, 2.24) is 4.90 Å². The molecule has 1 amide bonds. The predicted molar refractivity (Wildman–Crippen MR) is 116 cm³/mol. The molecule has 0 N–H and O–H groups in total. The molecule has 1 atom stereocenters. The van der Waals surface area contributed by atoms with Gasteiger partial charge in [-0.2, -0.15) is 0 Å². The lowest BCUT2D eigenvalue weighted by atomic mass is 9.98. The molecule has 31 heavy (non-hydrogen) atoms. The summed E-state index contributed by atoms with van der Waals surface area (Å²) in [6, 6.07) is 11.9. The molecule has 2 aromatic carbocycles. The summed E-state index contributed by atoms with van der Waals surface area (Å²) < 4.78 is 22.6. The number of hydrogen-bond donors (Lipinski definition) is 0. The van der Waals surface area contributed by atoms with E-state index < -0.39 is 6.04 Å². The van der Waals surface area contributed by atoms with E-state index in [1.54, 1.807) is 36.3 Å². The number of carbonyl (C=O) groups excluding carboxylic acids is 1. The molecule has 2 heterocycles. The second kappa shape index (κ2) is 8.81. The van der Waals surface area contributed by atoms with Gasteiger partial charge in [-0.05, 0) is 43.7 Å². The molecule has 1 unspecified atom stereocenters. The fourth-order valence-electron chi connectivity index (χ4n) is 3.97. The van der Waals surface area contributed by atoms with Crippen molar-refractivity contribution in [2.45, 2.75) is 19.9 Å². The first-order valence-electron chi connectivity index (χ1n) is 10.4. The van der Waals surface area contributed by atoms with Crippen molar-refractivity contribution in [3.8, 4) is 11.5 Å². The van der Waals surface area contributed by atoms with Crippen LogP contribution >= 0.6 is 0 Å². The van der Waals surface area contributed by atoms with Crippen molar-refractivity contribution in [2.75, 3.05) is 33.5 Å². The molecule has 1 aliphatic rings. The zero-order valence-electron chi connectivity index (χ0n) is 17.8. The Bertz CT molecular complexity index is 1170. The van der Waals surface area contributed by atoms with Crippen LogP contribution in [0, 0.1) is 0 Å². The summed E-state index contributed by atoms with van der Waals surface area (Å²) >= 11 is 0. The van der Waals surface area contributed by atoms with E-state index in [1.807, 2.05) is 32.0 Å². The van der Waals surface area contributed by atoms with E-state index in [4.69, 9.17) is 18.6 Å². The quantitative estimate of drug-likeness (QED) is 0.549. The third-order valence-corrected chi connectivity index (χ3v) is 5.29. The lowest BCUT2D eigenvalue weighted by molar-refractivity contribution is 0.0663. The Balaban J connectivity index is 1.91. The maximum Gasteiger partial charge on any atom is 0.290 e. The second-order valence-corrected chi connectivity index (χ2v) is 7.14. The fourth-order valence-corrected chi connectivity index (χ4v) is 3.97. The Hall–Kier alpha value is -3.32. The SMILES string of the molecule is CCOc1ccc(C2c3c(oc4ccccc4c3=O)C(=O)N2CCOC)cc1OCC. The highest BCUT2D eigenvalue weighted by Crippen LogP contribution is 2.40. The summed E-state index contributed by atoms with van der Waals surface area (Å²) in [4.78, 5) is 28.3. The second-order valence-electron chi connectivity index (χ2n) is 7.14. The van der Waals surface area contributed by atoms with Crippen molar-refractivity contribution in [3.63, 3.8) is 0 Å². The smallest absolute Gasteiger partial charge is 0.290 e. The van der Waals surface area contributed by atoms with Crippen LogP contribution in [-0.4, -0.2) is 44.3 Å². The van der Waals surface area contributed by atoms with Gasteiger partial charge in [0, 0.05) is 13.7 Å². The maximum absolute atomic E-state index is 13.4. The van der Waals surface area contributed by atoms with Gasteiger partial charge in [-0.1, -0.05) is 18.2 Å². The zero-order valence-corrected chi connectivity index (χ0v) is 17.8. The van der Waals surface area contributed by atoms with E-state index in [-0.39, 0.29) is 17.1 Å². The summed E-state index contributed by atoms with van der Waals surface area (Å²) in [5.41, 5.74) is 1.28. The molecule has 7 nitrogen and oxygen atoms in total. The van der Waals surface area contributed by atoms with Crippen LogP contribution in [0.1, 0.15) is 41.6 Å². The molecule has 0 bridgehead atoms. The van der Waals surface area contributed by atoms with E-state index >= 15 is 0 Å². The number of rotatable bonds is 8. The van der Waals surface area contributed by atoms with Crippen molar-refractivity contribution in [2.24, 2.45) is 0 Å². The zero-order chi connectivity index (χ0) is 22.0. The van der Waals surface area contributed by atoms with Gasteiger partial charge in [-0.3, -0.25) is 9.59 Å². The number of hydrogen-bond acceptors (Lipinski definition) is 6. The molecule has 1 aliphatic heterocycles. The van der Waals surface area contributed by atoms with Crippen LogP contribution in [0.2, 0.25) is 0 Å². The standard InChI is InChI=1S/C24H25NO6/c1-4-29-18-11-10-15(14-19(18)30-5-2)21-20-22(26)16-8-6-7-9-17(16)31-23(20)24(27)25(21)12-13-28-3/h6-11,14,21H,4-5,12-13H2,1-3H3. The molecule has 7 heteroatoms. The number of para-hydroxylation sites is 1. The highest BCUT2D eigenvalue weighted by molar-refractivity contribution is 5.99. The van der Waals surface area contributed by atoms with Crippen LogP contribution in [-0.2, 0) is 4.74 Å². The average Bonchev–Trinajstić information content (AvgIpc) is 3.06. The molecule has 0 fully saturated rings. The molecular weight excluding hydrogens is 398 g/mol. The number of fused-ring (bicyclic) bond motifs is 2. The molecular formula is C24H25NO6. The van der Waals surface area contributed by atoms with E-state index in [1.165, 1.54) is 0 Å². The Kier molecular flexibility index (Phi) is 5.95. The minimum absolute atomic E-state index is 0.0802. The van der Waals surface area contributed by atoms with Crippen LogP contribution in [0.25, 0.3) is 11.0 Å². The largest absolute Gasteiger partial charge is 0.490 e. The van der Waals surface area contributed by atoms with Gasteiger partial charge in [0.1, 0.15) is 5.58 Å². The van der Waals surface area contributed by atoms with Gasteiger partial charge in [0.15, 0.2) is 16.9 Å². The number of amides is 1. The van der Waals surface area contributed by atoms with E-state index in [2.05, 4.69) is 0 Å². The normalized spacial score (nSPS) is 15.4. The molecule has 0 spiro atoms. The molecule has 162 valence electrons. The molecule has 3 aromatic rings. The van der Waals surface area contributed by atoms with Crippen LogP contribution < -0.4 is 14.9 Å². The predicted octanol–water partition coefficient (Wildman–Crippen LogP) is 3.78. The summed E-state index contributed by atoms with van der Waals surface area (Å²) in [6.07, 6.45) is 0. The van der Waals surface area contributed by atoms with Gasteiger partial charge < -0.3 is 23.5 Å². The van der Waals surface area contributed by atoms with Crippen molar-refractivity contribution in [3.05, 3.63) is 69.6 Å². The molecule has 0 aliphatic carbocycles. The molecule has 0 saturated carbocycles. The number of methoxy groups -OCH3 is 1. The van der Waals surface area contributed by atoms with Gasteiger partial charge in [-0.15, -0.1) is 0 Å². The van der Waals surface area contributed by atoms with Gasteiger partial charge >= 0.3 is 0 Å². The molecule has 0 saturated heterocycles. The Morgan fingerprint density at radius 3 is 2.48 bits per heavy atom. The topological polar surface area (TPSA) is 78.2 Å². The van der Waals surface area contributed by atoms with Crippen molar-refractivity contribution >= 4 is 16.9 Å². The first-order valence-corrected chi connectivity index (χ1v) is 10.4. The molecule has 0 radical (unpaired) electrons. The summed E-state index contributed by atoms with van der Waals surface area (Å²) in [7, 11) is 1.57. The minimum Gasteiger partial charge on any atom is -0.490 e. The number of carbonyl (C=O) groups is 1. The number of ether oxygens (including phenoxy) is 3. The van der Waals surface area contributed by atoms with E-state index in [0.717, 1.165) is 5.56 Å². The van der Waals surface area contributed by atoms with Gasteiger partial charge in [0.25, 0.3) is 5.91 Å². The highest BCUT2D eigenvalue weighted by Gasteiger charge is 2.42. The van der Waals surface area contributed by atoms with Crippen LogP contribution in [0.15, 0.2) is 51.7 Å². The first-order chi connectivity index (χ1) is 15.1. The van der Waals surface area contributed by atoms with Gasteiger partial charge in [0.05, 0.1) is 36.8 Å². The summed E-state index contributed by atoms with van der Waals surface area (Å²) in [5.74, 6) is 0.939. The third-order valence-electron chi connectivity index (χ3n) is 5.29. The Labute approximate surface area is 180 Å². The average molecular weight is 423 g/mol. The lowest BCUT2D eigenvalue weighted by Crippen LogP contribution is -2.32. The van der Waals surface area contributed by atoms with Crippen molar-refractivity contribution < 1.29 is 23.4 Å². The third kappa shape index (κ3) is 3.65. The van der Waals surface area contributed by atoms with Crippen LogP contribution in [0.4, 0.5) is 0 Å². The van der Waals surface area contributed by atoms with Crippen molar-refractivity contribution in [1.29, 1.82) is 0 Å². The Morgan fingerprint density at radius 1 is 1.00 bits per heavy atom. The molecule has 4 rings (SSSR count). The minimum atomic E-state index is -0.603. The van der Waals surface area contributed by atoms with Gasteiger partial charge in [-0.25, -0.2) is 0 Å². The van der Waals surface area contributed by atoms with Crippen LogP contribution in [0.3, 0.4) is 0 Å². The Morgan fingerprint density at radius 2 is 1.74 bits per heavy atom. The molecule has 1 aromatic heterocycles. The lowest BCUT2D eigenvalue weighted by Gasteiger charge is -2.25. The number of benzene rings is 2. The fraction of sp³-hybridized carbons (Fsp3) is 0.333.